The molecular weight excluding hydrogens is 340 g/mol. The molecule has 0 unspecified atom stereocenters. The molecule has 144 valence electrons. The summed E-state index contributed by atoms with van der Waals surface area (Å²) in [6.45, 7) is 9.99. The van der Waals surface area contributed by atoms with Gasteiger partial charge in [0.2, 0.25) is 0 Å². The van der Waals surface area contributed by atoms with Crippen molar-refractivity contribution in [3.8, 4) is 5.69 Å². The number of hydrogen-bond acceptors (Lipinski definition) is 5. The number of benzene rings is 1. The van der Waals surface area contributed by atoms with Crippen molar-refractivity contribution in [1.82, 2.24) is 29.7 Å². The smallest absolute Gasteiger partial charge is 0.276 e. The molecule has 3 heterocycles. The molecule has 1 aromatic carbocycles. The number of carbonyl (C=O) groups excluding carboxylic acids is 1. The zero-order valence-electron chi connectivity index (χ0n) is 16.0. The Morgan fingerprint density at radius 3 is 2.19 bits per heavy atom. The molecular formula is C20H28N6O. The molecule has 2 saturated heterocycles. The maximum Gasteiger partial charge on any atom is 0.276 e. The summed E-state index contributed by atoms with van der Waals surface area (Å²) in [5.41, 5.74) is 2.01. The first-order valence-electron chi connectivity index (χ1n) is 9.94. The fraction of sp³-hybridized carbons (Fsp3) is 0.550. The van der Waals surface area contributed by atoms with Crippen LogP contribution in [0, 0.1) is 6.92 Å². The van der Waals surface area contributed by atoms with Gasteiger partial charge in [0.1, 0.15) is 0 Å². The Morgan fingerprint density at radius 1 is 0.889 bits per heavy atom. The van der Waals surface area contributed by atoms with Crippen molar-refractivity contribution in [2.24, 2.45) is 0 Å². The van der Waals surface area contributed by atoms with Crippen LogP contribution in [0.5, 0.6) is 0 Å². The molecule has 0 radical (unpaired) electrons. The fourth-order valence-corrected chi connectivity index (χ4v) is 3.87. The van der Waals surface area contributed by atoms with E-state index in [9.17, 15) is 4.79 Å². The Bertz CT molecular complexity index is 760. The summed E-state index contributed by atoms with van der Waals surface area (Å²) in [6, 6.07) is 9.71. The third kappa shape index (κ3) is 4.20. The van der Waals surface area contributed by atoms with E-state index in [4.69, 9.17) is 0 Å². The monoisotopic (exact) mass is 368 g/mol. The van der Waals surface area contributed by atoms with Crippen LogP contribution in [0.2, 0.25) is 0 Å². The van der Waals surface area contributed by atoms with Crippen LogP contribution in [0.3, 0.4) is 0 Å². The van der Waals surface area contributed by atoms with Gasteiger partial charge in [0, 0.05) is 39.3 Å². The first kappa shape index (κ1) is 18.1. The highest BCUT2D eigenvalue weighted by atomic mass is 16.2. The Kier molecular flexibility index (Phi) is 5.50. The fourth-order valence-electron chi connectivity index (χ4n) is 3.87. The van der Waals surface area contributed by atoms with Gasteiger partial charge in [-0.3, -0.25) is 9.69 Å². The maximum absolute atomic E-state index is 12.9. The first-order valence-corrected chi connectivity index (χ1v) is 9.94. The Balaban J connectivity index is 1.33. The van der Waals surface area contributed by atoms with Crippen LogP contribution in [0.4, 0.5) is 0 Å². The van der Waals surface area contributed by atoms with Gasteiger partial charge in [0.25, 0.3) is 5.91 Å². The summed E-state index contributed by atoms with van der Waals surface area (Å²) < 4.78 is 0. The minimum atomic E-state index is -0.00567. The van der Waals surface area contributed by atoms with E-state index in [1.165, 1.54) is 25.9 Å². The summed E-state index contributed by atoms with van der Waals surface area (Å²) in [7, 11) is 0. The molecule has 7 heteroatoms. The summed E-state index contributed by atoms with van der Waals surface area (Å²) >= 11 is 0. The predicted molar refractivity (Wildman–Crippen MR) is 104 cm³/mol. The third-order valence-electron chi connectivity index (χ3n) is 5.56. The van der Waals surface area contributed by atoms with Gasteiger partial charge in [0.05, 0.1) is 11.4 Å². The molecule has 27 heavy (non-hydrogen) atoms. The van der Waals surface area contributed by atoms with Gasteiger partial charge >= 0.3 is 0 Å². The molecule has 0 N–H and O–H groups in total. The highest BCUT2D eigenvalue weighted by Crippen LogP contribution is 2.13. The number of aromatic nitrogens is 3. The summed E-state index contributed by atoms with van der Waals surface area (Å²) in [6.07, 6.45) is 2.68. The van der Waals surface area contributed by atoms with Crippen molar-refractivity contribution in [3.63, 3.8) is 0 Å². The molecule has 2 aliphatic heterocycles. The van der Waals surface area contributed by atoms with Crippen LogP contribution < -0.4 is 0 Å². The lowest BCUT2D eigenvalue weighted by Gasteiger charge is -2.35. The lowest BCUT2D eigenvalue weighted by atomic mass is 10.2. The number of carbonyl (C=O) groups is 1. The standard InChI is InChI=1S/C20H28N6O/c1-17-19(22-26(21-17)18-7-3-2-4-8-18)20(27)25-15-13-24(14-16-25)12-11-23-9-5-6-10-23/h2-4,7-8H,5-6,9-16H2,1H3. The highest BCUT2D eigenvalue weighted by Gasteiger charge is 2.26. The number of amides is 1. The number of aryl methyl sites for hydroxylation is 1. The minimum Gasteiger partial charge on any atom is -0.335 e. The normalized spacial score (nSPS) is 18.9. The lowest BCUT2D eigenvalue weighted by Crippen LogP contribution is -2.50. The Morgan fingerprint density at radius 2 is 1.52 bits per heavy atom. The van der Waals surface area contributed by atoms with Gasteiger partial charge in [-0.1, -0.05) is 18.2 Å². The van der Waals surface area contributed by atoms with Gasteiger partial charge in [-0.15, -0.1) is 5.10 Å². The second-order valence-electron chi connectivity index (χ2n) is 7.44. The van der Waals surface area contributed by atoms with E-state index in [1.807, 2.05) is 42.2 Å². The van der Waals surface area contributed by atoms with Crippen molar-refractivity contribution >= 4 is 5.91 Å². The third-order valence-corrected chi connectivity index (χ3v) is 5.56. The summed E-state index contributed by atoms with van der Waals surface area (Å²) in [5, 5.41) is 8.88. The van der Waals surface area contributed by atoms with E-state index >= 15 is 0 Å². The average Bonchev–Trinajstić information content (AvgIpc) is 3.37. The molecule has 2 aliphatic rings. The molecule has 2 aromatic rings. The van der Waals surface area contributed by atoms with Crippen molar-refractivity contribution in [2.45, 2.75) is 19.8 Å². The molecule has 7 nitrogen and oxygen atoms in total. The van der Waals surface area contributed by atoms with E-state index < -0.39 is 0 Å². The van der Waals surface area contributed by atoms with Crippen LogP contribution in [0.25, 0.3) is 5.69 Å². The van der Waals surface area contributed by atoms with Crippen LogP contribution >= 0.6 is 0 Å². The SMILES string of the molecule is Cc1nn(-c2ccccc2)nc1C(=O)N1CCN(CCN2CCCC2)CC1. The molecule has 4 rings (SSSR count). The molecule has 0 saturated carbocycles. The van der Waals surface area contributed by atoms with E-state index in [2.05, 4.69) is 20.0 Å². The second-order valence-corrected chi connectivity index (χ2v) is 7.44. The number of nitrogens with zero attached hydrogens (tertiary/aromatic N) is 6. The summed E-state index contributed by atoms with van der Waals surface area (Å²) in [5.74, 6) is -0.00567. The first-order chi connectivity index (χ1) is 13.2. The van der Waals surface area contributed by atoms with Gasteiger partial charge < -0.3 is 9.80 Å². The van der Waals surface area contributed by atoms with E-state index in [0.717, 1.165) is 45.0 Å². The molecule has 2 fully saturated rings. The lowest BCUT2D eigenvalue weighted by molar-refractivity contribution is 0.0620. The van der Waals surface area contributed by atoms with Crippen LogP contribution in [0.1, 0.15) is 29.0 Å². The number of hydrogen-bond donors (Lipinski definition) is 0. The molecule has 1 aromatic heterocycles. The van der Waals surface area contributed by atoms with E-state index in [0.29, 0.717) is 11.4 Å². The quantitative estimate of drug-likeness (QED) is 0.799. The van der Waals surface area contributed by atoms with E-state index in [1.54, 1.807) is 4.80 Å². The Labute approximate surface area is 160 Å². The molecule has 0 atom stereocenters. The van der Waals surface area contributed by atoms with Crippen molar-refractivity contribution in [2.75, 3.05) is 52.4 Å². The molecule has 0 bridgehead atoms. The number of piperazine rings is 1. The zero-order chi connectivity index (χ0) is 18.6. The van der Waals surface area contributed by atoms with Gasteiger partial charge in [0.15, 0.2) is 5.69 Å². The van der Waals surface area contributed by atoms with Crippen LogP contribution in [-0.4, -0.2) is 88.0 Å². The number of para-hydroxylation sites is 1. The van der Waals surface area contributed by atoms with E-state index in [-0.39, 0.29) is 5.91 Å². The topological polar surface area (TPSA) is 57.5 Å². The average molecular weight is 368 g/mol. The molecule has 0 spiro atoms. The number of likely N-dealkylation sites (tertiary alicyclic amines) is 1. The van der Waals surface area contributed by atoms with Crippen LogP contribution in [0.15, 0.2) is 30.3 Å². The zero-order valence-corrected chi connectivity index (χ0v) is 16.0. The summed E-state index contributed by atoms with van der Waals surface area (Å²) in [4.78, 5) is 21.4. The Hall–Kier alpha value is -2.25. The second kappa shape index (κ2) is 8.19. The highest BCUT2D eigenvalue weighted by molar-refractivity contribution is 5.93. The van der Waals surface area contributed by atoms with Gasteiger partial charge in [-0.25, -0.2) is 0 Å². The van der Waals surface area contributed by atoms with Crippen molar-refractivity contribution in [3.05, 3.63) is 41.7 Å². The van der Waals surface area contributed by atoms with Crippen molar-refractivity contribution < 1.29 is 4.79 Å². The predicted octanol–water partition coefficient (Wildman–Crippen LogP) is 1.43. The molecule has 1 amide bonds. The largest absolute Gasteiger partial charge is 0.335 e. The van der Waals surface area contributed by atoms with Gasteiger partial charge in [-0.2, -0.15) is 9.90 Å². The van der Waals surface area contributed by atoms with Crippen molar-refractivity contribution in [1.29, 1.82) is 0 Å². The number of rotatable bonds is 5. The molecule has 0 aliphatic carbocycles. The van der Waals surface area contributed by atoms with Gasteiger partial charge in [-0.05, 0) is 45.0 Å². The minimum absolute atomic E-state index is 0.00567. The maximum atomic E-state index is 12.9. The van der Waals surface area contributed by atoms with Crippen LogP contribution in [-0.2, 0) is 0 Å².